The van der Waals surface area contributed by atoms with Crippen molar-refractivity contribution in [3.63, 3.8) is 0 Å². The summed E-state index contributed by atoms with van der Waals surface area (Å²) < 4.78 is 0. The summed E-state index contributed by atoms with van der Waals surface area (Å²) in [4.78, 5) is 24.9. The van der Waals surface area contributed by atoms with Crippen molar-refractivity contribution in [2.75, 3.05) is 19.0 Å². The van der Waals surface area contributed by atoms with E-state index in [1.165, 1.54) is 24.3 Å². The van der Waals surface area contributed by atoms with Gasteiger partial charge in [-0.1, -0.05) is 23.7 Å². The number of carbonyl (C=O) groups excluding carboxylic acids is 1. The molecular formula is C19H16ClN5O3S. The zero-order chi connectivity index (χ0) is 21.0. The predicted octanol–water partition coefficient (Wildman–Crippen LogP) is 3.91. The number of benzene rings is 2. The average Bonchev–Trinajstić information content (AvgIpc) is 3.03. The molecule has 0 radical (unpaired) electrons. The van der Waals surface area contributed by atoms with Gasteiger partial charge in [-0.3, -0.25) is 20.2 Å². The van der Waals surface area contributed by atoms with Gasteiger partial charge in [0.25, 0.3) is 11.6 Å². The average molecular weight is 430 g/mol. The number of rotatable bonds is 5. The Morgan fingerprint density at radius 3 is 2.59 bits per heavy atom. The van der Waals surface area contributed by atoms with Gasteiger partial charge in [-0.25, -0.2) is 0 Å². The second kappa shape index (κ2) is 8.89. The lowest BCUT2D eigenvalue weighted by atomic mass is 10.2. The van der Waals surface area contributed by atoms with E-state index in [0.717, 1.165) is 23.0 Å². The number of nitro groups is 1. The van der Waals surface area contributed by atoms with E-state index < -0.39 is 4.92 Å². The molecule has 1 amide bonds. The van der Waals surface area contributed by atoms with E-state index in [9.17, 15) is 14.9 Å². The van der Waals surface area contributed by atoms with Gasteiger partial charge >= 0.3 is 0 Å². The van der Waals surface area contributed by atoms with E-state index in [0.29, 0.717) is 20.7 Å². The number of nitro benzene ring substituents is 1. The molecule has 1 aliphatic heterocycles. The second-order valence-electron chi connectivity index (χ2n) is 6.16. The summed E-state index contributed by atoms with van der Waals surface area (Å²) in [5.41, 5.74) is 2.21. The number of non-ortho nitro benzene ring substituents is 1. The van der Waals surface area contributed by atoms with Crippen LogP contribution in [-0.2, 0) is 4.79 Å². The Morgan fingerprint density at radius 1 is 1.21 bits per heavy atom. The molecule has 2 aromatic rings. The Hall–Kier alpha value is -3.17. The topological polar surface area (TPSA) is 100 Å². The van der Waals surface area contributed by atoms with Crippen LogP contribution in [0.5, 0.6) is 0 Å². The third kappa shape index (κ3) is 5.21. The monoisotopic (exact) mass is 429 g/mol. The predicted molar refractivity (Wildman–Crippen MR) is 118 cm³/mol. The van der Waals surface area contributed by atoms with Crippen LogP contribution in [0.15, 0.2) is 57.6 Å². The summed E-state index contributed by atoms with van der Waals surface area (Å²) in [6, 6.07) is 11.8. The molecule has 1 N–H and O–H groups in total. The van der Waals surface area contributed by atoms with Crippen molar-refractivity contribution < 1.29 is 9.72 Å². The first-order valence-electron chi connectivity index (χ1n) is 8.37. The summed E-state index contributed by atoms with van der Waals surface area (Å²) in [7, 11) is 3.92. The highest BCUT2D eigenvalue weighted by atomic mass is 35.5. The molecule has 29 heavy (non-hydrogen) atoms. The number of amides is 1. The molecule has 0 aliphatic carbocycles. The SMILES string of the molecule is CN(C)c1ccc(C=NN=C2NC(=O)/C(=C/c3cc([N+](=O)[O-])ccc3Cl)S2)cc1. The number of nitrogens with zero attached hydrogens (tertiary/aromatic N) is 4. The van der Waals surface area contributed by atoms with Crippen molar-refractivity contribution in [3.05, 3.63) is 73.6 Å². The number of nitrogens with one attached hydrogen (secondary N) is 1. The van der Waals surface area contributed by atoms with Crippen molar-refractivity contribution in [1.82, 2.24) is 5.32 Å². The Bertz CT molecular complexity index is 1050. The van der Waals surface area contributed by atoms with E-state index >= 15 is 0 Å². The molecule has 0 atom stereocenters. The number of thioether (sulfide) groups is 1. The maximum atomic E-state index is 12.1. The first-order valence-corrected chi connectivity index (χ1v) is 9.56. The van der Waals surface area contributed by atoms with E-state index in [-0.39, 0.29) is 11.6 Å². The molecule has 10 heteroatoms. The van der Waals surface area contributed by atoms with Crippen LogP contribution < -0.4 is 10.2 Å². The lowest BCUT2D eigenvalue weighted by Crippen LogP contribution is -2.19. The van der Waals surface area contributed by atoms with Crippen LogP contribution in [0.4, 0.5) is 11.4 Å². The minimum atomic E-state index is -0.521. The summed E-state index contributed by atoms with van der Waals surface area (Å²) in [5, 5.41) is 22.2. The van der Waals surface area contributed by atoms with Crippen molar-refractivity contribution in [3.8, 4) is 0 Å². The van der Waals surface area contributed by atoms with Gasteiger partial charge < -0.3 is 4.90 Å². The molecule has 1 fully saturated rings. The van der Waals surface area contributed by atoms with Crippen LogP contribution in [0.3, 0.4) is 0 Å². The maximum Gasteiger partial charge on any atom is 0.270 e. The van der Waals surface area contributed by atoms with Gasteiger partial charge in [0, 0.05) is 42.5 Å². The van der Waals surface area contributed by atoms with Gasteiger partial charge in [0.2, 0.25) is 0 Å². The van der Waals surface area contributed by atoms with E-state index in [1.807, 2.05) is 43.3 Å². The van der Waals surface area contributed by atoms with Crippen molar-refractivity contribution in [2.45, 2.75) is 0 Å². The normalized spacial score (nSPS) is 16.6. The molecular weight excluding hydrogens is 414 g/mol. The maximum absolute atomic E-state index is 12.1. The molecule has 0 saturated carbocycles. The third-order valence-electron chi connectivity index (χ3n) is 3.89. The second-order valence-corrected chi connectivity index (χ2v) is 7.60. The highest BCUT2D eigenvalue weighted by Crippen LogP contribution is 2.30. The fourth-order valence-corrected chi connectivity index (χ4v) is 3.32. The summed E-state index contributed by atoms with van der Waals surface area (Å²) in [6.45, 7) is 0. The summed E-state index contributed by atoms with van der Waals surface area (Å²) in [6.07, 6.45) is 3.07. The largest absolute Gasteiger partial charge is 0.378 e. The molecule has 0 aromatic heterocycles. The first-order chi connectivity index (χ1) is 13.8. The molecule has 0 spiro atoms. The minimum absolute atomic E-state index is 0.108. The highest BCUT2D eigenvalue weighted by Gasteiger charge is 2.24. The van der Waals surface area contributed by atoms with Crippen molar-refractivity contribution >= 4 is 58.1 Å². The van der Waals surface area contributed by atoms with Gasteiger partial charge in [-0.15, -0.1) is 5.10 Å². The van der Waals surface area contributed by atoms with Gasteiger partial charge in [0.1, 0.15) is 0 Å². The quantitative estimate of drug-likeness (QED) is 0.336. The molecule has 8 nitrogen and oxygen atoms in total. The number of halogens is 1. The van der Waals surface area contributed by atoms with Gasteiger partial charge in [0.15, 0.2) is 5.17 Å². The van der Waals surface area contributed by atoms with Crippen LogP contribution in [0.2, 0.25) is 5.02 Å². The molecule has 1 aliphatic rings. The van der Waals surface area contributed by atoms with Gasteiger partial charge in [-0.05, 0) is 41.6 Å². The third-order valence-corrected chi connectivity index (χ3v) is 5.14. The van der Waals surface area contributed by atoms with Gasteiger partial charge in [0.05, 0.1) is 16.0 Å². The summed E-state index contributed by atoms with van der Waals surface area (Å²) >= 11 is 7.16. The smallest absolute Gasteiger partial charge is 0.270 e. The molecule has 1 heterocycles. The van der Waals surface area contributed by atoms with Crippen molar-refractivity contribution in [1.29, 1.82) is 0 Å². The summed E-state index contributed by atoms with van der Waals surface area (Å²) in [5.74, 6) is -0.373. The lowest BCUT2D eigenvalue weighted by molar-refractivity contribution is -0.384. The van der Waals surface area contributed by atoms with Crippen molar-refractivity contribution in [2.24, 2.45) is 10.2 Å². The zero-order valence-electron chi connectivity index (χ0n) is 15.5. The first kappa shape index (κ1) is 20.6. The highest BCUT2D eigenvalue weighted by molar-refractivity contribution is 8.18. The fraction of sp³-hybridized carbons (Fsp3) is 0.105. The zero-order valence-corrected chi connectivity index (χ0v) is 17.1. The molecule has 0 bridgehead atoms. The molecule has 148 valence electrons. The molecule has 1 saturated heterocycles. The number of hydrogen-bond acceptors (Lipinski definition) is 7. The molecule has 3 rings (SSSR count). The number of amidine groups is 1. The van der Waals surface area contributed by atoms with E-state index in [1.54, 1.807) is 6.21 Å². The van der Waals surface area contributed by atoms with Crippen LogP contribution in [-0.4, -0.2) is 36.3 Å². The van der Waals surface area contributed by atoms with Crippen LogP contribution in [0.25, 0.3) is 6.08 Å². The lowest BCUT2D eigenvalue weighted by Gasteiger charge is -2.11. The Balaban J connectivity index is 1.73. The van der Waals surface area contributed by atoms with Crippen LogP contribution in [0, 0.1) is 10.1 Å². The Kier molecular flexibility index (Phi) is 6.30. The minimum Gasteiger partial charge on any atom is -0.378 e. The number of hydrogen-bond donors (Lipinski definition) is 1. The van der Waals surface area contributed by atoms with E-state index in [2.05, 4.69) is 15.5 Å². The number of anilines is 1. The fourth-order valence-electron chi connectivity index (χ4n) is 2.38. The molecule has 2 aromatic carbocycles. The van der Waals surface area contributed by atoms with E-state index in [4.69, 9.17) is 11.6 Å². The van der Waals surface area contributed by atoms with Crippen LogP contribution >= 0.6 is 23.4 Å². The Labute approximate surface area is 176 Å². The molecule has 0 unspecified atom stereocenters. The number of carbonyl (C=O) groups is 1. The standard InChI is InChI=1S/C19H16ClN5O3S/c1-24(2)14-5-3-12(4-6-14)11-21-23-19-22-18(26)17(29-19)10-13-9-15(25(27)28)7-8-16(13)20/h3-11H,1-2H3,(H,22,23,26)/b17-10-,21-11?. The van der Waals surface area contributed by atoms with Crippen LogP contribution in [0.1, 0.15) is 11.1 Å². The van der Waals surface area contributed by atoms with Gasteiger partial charge in [-0.2, -0.15) is 5.10 Å². The Morgan fingerprint density at radius 2 is 1.93 bits per heavy atom.